The van der Waals surface area contributed by atoms with Gasteiger partial charge in [0.05, 0.1) is 4.88 Å². The Kier molecular flexibility index (Phi) is 4.76. The number of nitrogens with zero attached hydrogens (tertiary/aromatic N) is 3. The van der Waals surface area contributed by atoms with Crippen molar-refractivity contribution in [1.82, 2.24) is 15.0 Å². The number of hydrogen-bond acceptors (Lipinski definition) is 7. The normalized spacial score (nSPS) is 13.7. The van der Waals surface area contributed by atoms with Crippen LogP contribution in [0.2, 0.25) is 0 Å². The van der Waals surface area contributed by atoms with E-state index in [0.29, 0.717) is 22.4 Å². The van der Waals surface area contributed by atoms with Crippen molar-refractivity contribution in [2.45, 2.75) is 25.4 Å². The molecule has 0 saturated heterocycles. The van der Waals surface area contributed by atoms with E-state index >= 15 is 0 Å². The molecule has 1 aromatic carbocycles. The van der Waals surface area contributed by atoms with Crippen molar-refractivity contribution in [2.24, 2.45) is 0 Å². The Morgan fingerprint density at radius 1 is 1.07 bits per heavy atom. The molecule has 5 rings (SSSR count). The number of nitrogens with two attached hydrogens (primary N) is 1. The summed E-state index contributed by atoms with van der Waals surface area (Å²) >= 11 is 1.44. The number of fused-ring (bicyclic) bond motifs is 1. The largest absolute Gasteiger partial charge is 0.474 e. The van der Waals surface area contributed by atoms with Crippen LogP contribution in [0.25, 0.3) is 21.2 Å². The summed E-state index contributed by atoms with van der Waals surface area (Å²) in [6, 6.07) is 11.2. The van der Waals surface area contributed by atoms with Gasteiger partial charge in [-0.1, -0.05) is 23.5 Å². The molecule has 8 heteroatoms. The number of hydrogen-bond donors (Lipinski definition) is 2. The molecule has 3 aromatic heterocycles. The second-order valence-electron chi connectivity index (χ2n) is 7.20. The zero-order chi connectivity index (χ0) is 20.5. The highest BCUT2D eigenvalue weighted by atomic mass is 32.1. The summed E-state index contributed by atoms with van der Waals surface area (Å²) in [5.74, 6) is 0.702. The highest BCUT2D eigenvalue weighted by Gasteiger charge is 2.20. The molecule has 3 heterocycles. The first-order chi connectivity index (χ1) is 14.6. The highest BCUT2D eigenvalue weighted by Crippen LogP contribution is 2.30. The maximum atomic E-state index is 12.7. The van der Waals surface area contributed by atoms with Gasteiger partial charge < -0.3 is 15.8 Å². The van der Waals surface area contributed by atoms with E-state index in [2.05, 4.69) is 20.3 Å². The van der Waals surface area contributed by atoms with Gasteiger partial charge in [-0.3, -0.25) is 4.79 Å². The summed E-state index contributed by atoms with van der Waals surface area (Å²) in [5, 5.41) is 5.34. The fourth-order valence-electron chi connectivity index (χ4n) is 3.25. The van der Waals surface area contributed by atoms with Crippen molar-refractivity contribution in [3.63, 3.8) is 0 Å². The number of pyridine rings is 2. The van der Waals surface area contributed by atoms with Gasteiger partial charge in [0.15, 0.2) is 5.13 Å². The third-order valence-corrected chi connectivity index (χ3v) is 5.98. The fourth-order valence-corrected chi connectivity index (χ4v) is 3.93. The summed E-state index contributed by atoms with van der Waals surface area (Å²) in [6.45, 7) is 0. The number of carbonyl (C=O) groups excluding carboxylic acids is 1. The van der Waals surface area contributed by atoms with Crippen molar-refractivity contribution in [3.05, 3.63) is 60.6 Å². The van der Waals surface area contributed by atoms with Crippen LogP contribution < -0.4 is 15.8 Å². The molecule has 7 nitrogen and oxygen atoms in total. The number of nitrogens with one attached hydrogen (secondary N) is 1. The van der Waals surface area contributed by atoms with Crippen LogP contribution in [0.15, 0.2) is 55.0 Å². The topological polar surface area (TPSA) is 103 Å². The van der Waals surface area contributed by atoms with Crippen molar-refractivity contribution in [1.29, 1.82) is 0 Å². The molecule has 1 aliphatic rings. The van der Waals surface area contributed by atoms with Gasteiger partial charge in [0, 0.05) is 35.6 Å². The summed E-state index contributed by atoms with van der Waals surface area (Å²) in [4.78, 5) is 26.4. The SMILES string of the molecule is Nc1ncc(-c2ccc3cnc(NC(=O)c4ccnc(OC5CCC5)c4)cc3c2)s1. The number of anilines is 2. The molecule has 3 N–H and O–H groups in total. The maximum absolute atomic E-state index is 12.7. The van der Waals surface area contributed by atoms with E-state index < -0.39 is 0 Å². The first-order valence-corrected chi connectivity index (χ1v) is 10.5. The van der Waals surface area contributed by atoms with Crippen LogP contribution in [0.3, 0.4) is 0 Å². The van der Waals surface area contributed by atoms with Crippen LogP contribution in [0.1, 0.15) is 29.6 Å². The molecular formula is C22H19N5O2S. The monoisotopic (exact) mass is 417 g/mol. The lowest BCUT2D eigenvalue weighted by molar-refractivity contribution is 0.101. The standard InChI is InChI=1S/C22H19N5O2S/c23-22-26-12-18(30-22)13-4-5-15-11-25-19(9-16(15)8-13)27-21(28)14-6-7-24-20(10-14)29-17-2-1-3-17/h4-12,17H,1-3H2,(H2,23,26)(H,25,27,28). The van der Waals surface area contributed by atoms with Gasteiger partial charge in [-0.15, -0.1) is 0 Å². The summed E-state index contributed by atoms with van der Waals surface area (Å²) in [5.41, 5.74) is 7.25. The quantitative estimate of drug-likeness (QED) is 0.495. The number of nitrogen functional groups attached to an aromatic ring is 1. The molecule has 4 aromatic rings. The van der Waals surface area contributed by atoms with Gasteiger partial charge in [-0.25, -0.2) is 15.0 Å². The Morgan fingerprint density at radius 2 is 1.97 bits per heavy atom. The van der Waals surface area contributed by atoms with Crippen LogP contribution in [0.4, 0.5) is 10.9 Å². The summed E-state index contributed by atoms with van der Waals surface area (Å²) in [7, 11) is 0. The van der Waals surface area contributed by atoms with Crippen molar-refractivity contribution < 1.29 is 9.53 Å². The Bertz CT molecular complexity index is 1240. The third-order valence-electron chi connectivity index (χ3n) is 5.11. The molecule has 1 saturated carbocycles. The minimum absolute atomic E-state index is 0.209. The molecule has 1 fully saturated rings. The number of amides is 1. The molecule has 0 bridgehead atoms. The second kappa shape index (κ2) is 7.72. The average molecular weight is 417 g/mol. The minimum Gasteiger partial charge on any atom is -0.474 e. The first-order valence-electron chi connectivity index (χ1n) is 9.69. The Labute approximate surface area is 177 Å². The van der Waals surface area contributed by atoms with Gasteiger partial charge in [-0.2, -0.15) is 0 Å². The van der Waals surface area contributed by atoms with Crippen LogP contribution in [0.5, 0.6) is 5.88 Å². The van der Waals surface area contributed by atoms with Crippen molar-refractivity contribution in [3.8, 4) is 16.3 Å². The van der Waals surface area contributed by atoms with Crippen LogP contribution in [0, 0.1) is 0 Å². The van der Waals surface area contributed by atoms with Gasteiger partial charge >= 0.3 is 0 Å². The predicted octanol–water partition coefficient (Wildman–Crippen LogP) is 4.52. The third kappa shape index (κ3) is 3.81. The van der Waals surface area contributed by atoms with Gasteiger partial charge in [0.25, 0.3) is 5.91 Å². The molecule has 30 heavy (non-hydrogen) atoms. The number of carbonyl (C=O) groups is 1. The average Bonchev–Trinajstić information content (AvgIpc) is 3.17. The highest BCUT2D eigenvalue weighted by molar-refractivity contribution is 7.18. The van der Waals surface area contributed by atoms with E-state index in [4.69, 9.17) is 10.5 Å². The molecule has 1 amide bonds. The van der Waals surface area contributed by atoms with Crippen LogP contribution in [-0.4, -0.2) is 27.0 Å². The lowest BCUT2D eigenvalue weighted by Crippen LogP contribution is -2.25. The molecule has 150 valence electrons. The zero-order valence-corrected chi connectivity index (χ0v) is 16.9. The van der Waals surface area contributed by atoms with E-state index in [-0.39, 0.29) is 12.0 Å². The zero-order valence-electron chi connectivity index (χ0n) is 16.0. The molecule has 0 spiro atoms. The summed E-state index contributed by atoms with van der Waals surface area (Å²) in [6.07, 6.45) is 8.55. The second-order valence-corrected chi connectivity index (χ2v) is 8.26. The van der Waals surface area contributed by atoms with Gasteiger partial charge in [0.1, 0.15) is 11.9 Å². The van der Waals surface area contributed by atoms with Crippen molar-refractivity contribution >= 4 is 39.0 Å². The van der Waals surface area contributed by atoms with E-state index in [1.165, 1.54) is 17.8 Å². The first kappa shape index (κ1) is 18.5. The van der Waals surface area contributed by atoms with E-state index in [9.17, 15) is 4.79 Å². The molecule has 1 aliphatic carbocycles. The van der Waals surface area contributed by atoms with E-state index in [1.807, 2.05) is 24.3 Å². The number of ether oxygens (including phenoxy) is 1. The molecular weight excluding hydrogens is 398 g/mol. The Balaban J connectivity index is 1.36. The van der Waals surface area contributed by atoms with Gasteiger partial charge in [0.2, 0.25) is 5.88 Å². The summed E-state index contributed by atoms with van der Waals surface area (Å²) < 4.78 is 5.79. The smallest absolute Gasteiger partial charge is 0.257 e. The lowest BCUT2D eigenvalue weighted by atomic mass is 9.96. The molecule has 0 radical (unpaired) electrons. The molecule has 0 unspecified atom stereocenters. The van der Waals surface area contributed by atoms with Crippen LogP contribution in [-0.2, 0) is 0 Å². The van der Waals surface area contributed by atoms with Gasteiger partial charge in [-0.05, 0) is 48.4 Å². The van der Waals surface area contributed by atoms with E-state index in [1.54, 1.807) is 30.7 Å². The minimum atomic E-state index is -0.255. The van der Waals surface area contributed by atoms with E-state index in [0.717, 1.165) is 34.1 Å². The predicted molar refractivity (Wildman–Crippen MR) is 118 cm³/mol. The maximum Gasteiger partial charge on any atom is 0.257 e. The number of aromatic nitrogens is 3. The number of benzene rings is 1. The van der Waals surface area contributed by atoms with Crippen LogP contribution >= 0.6 is 11.3 Å². The number of thiazole rings is 1. The molecule has 0 aliphatic heterocycles. The van der Waals surface area contributed by atoms with Crippen molar-refractivity contribution in [2.75, 3.05) is 11.1 Å². The fraction of sp³-hybridized carbons (Fsp3) is 0.182. The Hall–Kier alpha value is -3.52. The number of rotatable bonds is 5. The lowest BCUT2D eigenvalue weighted by Gasteiger charge is -2.25. The molecule has 0 atom stereocenters. The Morgan fingerprint density at radius 3 is 2.73 bits per heavy atom.